The summed E-state index contributed by atoms with van der Waals surface area (Å²) in [7, 11) is 0. The van der Waals surface area contributed by atoms with Crippen LogP contribution in [0.15, 0.2) is 48.7 Å². The SMILES string of the molecule is Cc1ccc2c(c1)C(=O)O[C@@H](C(=O)Nc1ncc(Cc3ccc(C(C)C)cc3)s1)C2. The van der Waals surface area contributed by atoms with Gasteiger partial charge in [0.05, 0.1) is 5.56 Å². The van der Waals surface area contributed by atoms with Crippen LogP contribution in [0, 0.1) is 6.92 Å². The van der Waals surface area contributed by atoms with Crippen molar-refractivity contribution in [2.45, 2.75) is 45.6 Å². The number of nitrogens with one attached hydrogen (secondary N) is 1. The van der Waals surface area contributed by atoms with Gasteiger partial charge in [-0.05, 0) is 35.6 Å². The Morgan fingerprint density at radius 3 is 2.73 bits per heavy atom. The molecule has 0 unspecified atom stereocenters. The Labute approximate surface area is 180 Å². The second kappa shape index (κ2) is 8.40. The van der Waals surface area contributed by atoms with Gasteiger partial charge in [0.25, 0.3) is 5.91 Å². The number of aromatic nitrogens is 1. The van der Waals surface area contributed by atoms with Crippen molar-refractivity contribution in [3.63, 3.8) is 0 Å². The summed E-state index contributed by atoms with van der Waals surface area (Å²) in [6, 6.07) is 14.2. The number of thiazole rings is 1. The molecule has 0 saturated heterocycles. The van der Waals surface area contributed by atoms with E-state index in [1.807, 2.05) is 19.1 Å². The van der Waals surface area contributed by atoms with E-state index >= 15 is 0 Å². The third-order valence-corrected chi connectivity index (χ3v) is 6.15. The van der Waals surface area contributed by atoms with E-state index < -0.39 is 12.1 Å². The Bertz CT molecular complexity index is 1090. The zero-order chi connectivity index (χ0) is 21.3. The van der Waals surface area contributed by atoms with E-state index in [4.69, 9.17) is 4.74 Å². The highest BCUT2D eigenvalue weighted by Gasteiger charge is 2.31. The normalized spacial score (nSPS) is 15.6. The van der Waals surface area contributed by atoms with Crippen LogP contribution in [0.3, 0.4) is 0 Å². The molecular weight excluding hydrogens is 396 g/mol. The van der Waals surface area contributed by atoms with Gasteiger partial charge in [-0.25, -0.2) is 9.78 Å². The molecule has 0 bridgehead atoms. The maximum Gasteiger partial charge on any atom is 0.339 e. The van der Waals surface area contributed by atoms with Crippen LogP contribution >= 0.6 is 11.3 Å². The molecule has 4 rings (SSSR count). The fourth-order valence-electron chi connectivity index (χ4n) is 3.49. The van der Waals surface area contributed by atoms with Crippen molar-refractivity contribution in [1.82, 2.24) is 4.98 Å². The first kappa shape index (κ1) is 20.3. The number of anilines is 1. The molecule has 1 aliphatic heterocycles. The van der Waals surface area contributed by atoms with Gasteiger partial charge in [0.2, 0.25) is 0 Å². The average Bonchev–Trinajstić information content (AvgIpc) is 3.15. The van der Waals surface area contributed by atoms with Crippen molar-refractivity contribution in [1.29, 1.82) is 0 Å². The first-order valence-electron chi connectivity index (χ1n) is 10.0. The molecule has 2 heterocycles. The Balaban J connectivity index is 1.39. The van der Waals surface area contributed by atoms with Crippen molar-refractivity contribution in [3.8, 4) is 0 Å². The maximum absolute atomic E-state index is 12.6. The van der Waals surface area contributed by atoms with Crippen LogP contribution in [0.25, 0.3) is 0 Å². The number of esters is 1. The number of amides is 1. The minimum atomic E-state index is -0.844. The van der Waals surface area contributed by atoms with Crippen LogP contribution in [0.1, 0.15) is 57.3 Å². The van der Waals surface area contributed by atoms with Gasteiger partial charge in [-0.1, -0.05) is 55.8 Å². The number of aryl methyl sites for hydroxylation is 1. The van der Waals surface area contributed by atoms with E-state index in [0.29, 0.717) is 23.0 Å². The molecule has 1 amide bonds. The molecule has 0 aliphatic carbocycles. The van der Waals surface area contributed by atoms with Crippen LogP contribution in [0.4, 0.5) is 5.13 Å². The van der Waals surface area contributed by atoms with E-state index in [1.54, 1.807) is 12.3 Å². The molecule has 1 N–H and O–H groups in total. The van der Waals surface area contributed by atoms with Crippen molar-refractivity contribution in [3.05, 3.63) is 81.4 Å². The monoisotopic (exact) mass is 420 g/mol. The third kappa shape index (κ3) is 4.44. The molecule has 1 atom stereocenters. The Kier molecular flexibility index (Phi) is 5.68. The van der Waals surface area contributed by atoms with E-state index in [9.17, 15) is 9.59 Å². The van der Waals surface area contributed by atoms with Crippen molar-refractivity contribution in [2.75, 3.05) is 5.32 Å². The predicted octanol–water partition coefficient (Wildman–Crippen LogP) is 4.89. The lowest BCUT2D eigenvalue weighted by molar-refractivity contribution is -0.125. The second-order valence-corrected chi connectivity index (χ2v) is 9.07. The van der Waals surface area contributed by atoms with Gasteiger partial charge in [0.15, 0.2) is 11.2 Å². The number of rotatable bonds is 5. The number of ether oxygens (including phenoxy) is 1. The van der Waals surface area contributed by atoms with Gasteiger partial charge in [-0.3, -0.25) is 10.1 Å². The summed E-state index contributed by atoms with van der Waals surface area (Å²) in [5.74, 6) is -0.296. The number of cyclic esters (lactones) is 1. The largest absolute Gasteiger partial charge is 0.448 e. The minimum absolute atomic E-state index is 0.350. The van der Waals surface area contributed by atoms with E-state index in [0.717, 1.165) is 22.4 Å². The van der Waals surface area contributed by atoms with Gasteiger partial charge in [0, 0.05) is 23.9 Å². The molecule has 0 radical (unpaired) electrons. The van der Waals surface area contributed by atoms with E-state index in [1.165, 1.54) is 22.5 Å². The van der Waals surface area contributed by atoms with Gasteiger partial charge >= 0.3 is 5.97 Å². The molecule has 1 aliphatic rings. The van der Waals surface area contributed by atoms with Gasteiger partial charge < -0.3 is 4.74 Å². The highest BCUT2D eigenvalue weighted by Crippen LogP contribution is 2.25. The van der Waals surface area contributed by atoms with Gasteiger partial charge in [-0.2, -0.15) is 0 Å². The quantitative estimate of drug-likeness (QED) is 0.597. The van der Waals surface area contributed by atoms with Crippen LogP contribution in [-0.2, 0) is 22.4 Å². The minimum Gasteiger partial charge on any atom is -0.448 e. The lowest BCUT2D eigenvalue weighted by Crippen LogP contribution is -2.38. The molecule has 0 fully saturated rings. The summed E-state index contributed by atoms with van der Waals surface area (Å²) in [6.45, 7) is 6.28. The summed E-state index contributed by atoms with van der Waals surface area (Å²) in [5, 5.41) is 3.31. The third-order valence-electron chi connectivity index (χ3n) is 5.24. The number of hydrogen-bond donors (Lipinski definition) is 1. The fraction of sp³-hybridized carbons (Fsp3) is 0.292. The van der Waals surface area contributed by atoms with Crippen molar-refractivity contribution >= 4 is 28.3 Å². The second-order valence-electron chi connectivity index (χ2n) is 7.95. The smallest absolute Gasteiger partial charge is 0.339 e. The number of hydrogen-bond acceptors (Lipinski definition) is 5. The van der Waals surface area contributed by atoms with E-state index in [-0.39, 0.29) is 5.91 Å². The molecule has 2 aromatic carbocycles. The topological polar surface area (TPSA) is 68.3 Å². The molecule has 5 nitrogen and oxygen atoms in total. The molecular formula is C24H24N2O3S. The van der Waals surface area contributed by atoms with E-state index in [2.05, 4.69) is 48.4 Å². The fourth-order valence-corrected chi connectivity index (χ4v) is 4.34. The Morgan fingerprint density at radius 1 is 1.23 bits per heavy atom. The number of benzene rings is 2. The van der Waals surface area contributed by atoms with Crippen LogP contribution in [0.2, 0.25) is 0 Å². The molecule has 0 spiro atoms. The van der Waals surface area contributed by atoms with Crippen LogP contribution in [0.5, 0.6) is 0 Å². The molecule has 3 aromatic rings. The highest BCUT2D eigenvalue weighted by molar-refractivity contribution is 7.15. The number of carbonyl (C=O) groups excluding carboxylic acids is 2. The zero-order valence-electron chi connectivity index (χ0n) is 17.3. The number of fused-ring (bicyclic) bond motifs is 1. The summed E-state index contributed by atoms with van der Waals surface area (Å²) in [4.78, 5) is 30.3. The first-order valence-corrected chi connectivity index (χ1v) is 10.9. The summed E-state index contributed by atoms with van der Waals surface area (Å²) >= 11 is 1.44. The van der Waals surface area contributed by atoms with Crippen molar-refractivity contribution in [2.24, 2.45) is 0 Å². The van der Waals surface area contributed by atoms with Crippen LogP contribution < -0.4 is 5.32 Å². The zero-order valence-corrected chi connectivity index (χ0v) is 18.1. The first-order chi connectivity index (χ1) is 14.4. The lowest BCUT2D eigenvalue weighted by Gasteiger charge is -2.23. The van der Waals surface area contributed by atoms with Crippen LogP contribution in [-0.4, -0.2) is 23.0 Å². The number of carbonyl (C=O) groups is 2. The predicted molar refractivity (Wildman–Crippen MR) is 118 cm³/mol. The lowest BCUT2D eigenvalue weighted by atomic mass is 9.96. The summed E-state index contributed by atoms with van der Waals surface area (Å²) in [6.07, 6.45) is 2.07. The maximum atomic E-state index is 12.6. The highest BCUT2D eigenvalue weighted by atomic mass is 32.1. The molecule has 30 heavy (non-hydrogen) atoms. The van der Waals surface area contributed by atoms with Gasteiger partial charge in [-0.15, -0.1) is 11.3 Å². The summed E-state index contributed by atoms with van der Waals surface area (Å²) < 4.78 is 5.36. The van der Waals surface area contributed by atoms with Crippen molar-refractivity contribution < 1.29 is 14.3 Å². The number of nitrogens with zero attached hydrogens (tertiary/aromatic N) is 1. The molecule has 154 valence electrons. The molecule has 1 aromatic heterocycles. The summed E-state index contributed by atoms with van der Waals surface area (Å²) in [5.41, 5.74) is 4.88. The molecule has 6 heteroatoms. The Hall–Kier alpha value is -2.99. The standard InChI is InChI=1S/C24H24N2O3S/c1-14(2)17-8-5-16(6-9-17)11-19-13-25-24(30-19)26-22(27)21-12-18-7-4-15(3)10-20(18)23(28)29-21/h4-10,13-14,21H,11-12H2,1-3H3,(H,25,26,27)/t21-/m1/s1. The molecule has 0 saturated carbocycles. The average molecular weight is 421 g/mol. The Morgan fingerprint density at radius 2 is 2.00 bits per heavy atom. The van der Waals surface area contributed by atoms with Gasteiger partial charge in [0.1, 0.15) is 0 Å².